The molecule has 0 aliphatic heterocycles. The van der Waals surface area contributed by atoms with Gasteiger partial charge in [0.1, 0.15) is 23.0 Å². The van der Waals surface area contributed by atoms with Gasteiger partial charge in [0.25, 0.3) is 0 Å². The number of fused-ring (bicyclic) bond motifs is 3. The molecular weight excluding hydrogens is 570 g/mol. The topological polar surface area (TPSA) is 40.2 Å². The van der Waals surface area contributed by atoms with Crippen LogP contribution in [0.5, 0.6) is 23.0 Å². The Morgan fingerprint density at radius 3 is 1.41 bits per heavy atom. The second-order valence-electron chi connectivity index (χ2n) is 11.2. The van der Waals surface area contributed by atoms with E-state index in [2.05, 4.69) is 108 Å². The molecule has 0 aromatic heterocycles. The average Bonchev–Trinajstić information content (AvgIpc) is 3.42. The van der Waals surface area contributed by atoms with Crippen molar-refractivity contribution in [3.05, 3.63) is 162 Å². The van der Waals surface area contributed by atoms with Crippen LogP contribution in [0.1, 0.15) is 22.3 Å². The largest absolute Gasteiger partial charge is 0.497 e. The van der Waals surface area contributed by atoms with Crippen LogP contribution >= 0.6 is 0 Å². The van der Waals surface area contributed by atoms with Crippen molar-refractivity contribution in [3.8, 4) is 34.1 Å². The standard InChI is InChI=1S/C41H35NO4/c1-43-31-20-23-36(39(26-31)45-3)41(37-24-21-32(44-2)27-40(37)46-4)35-18-12-11-17-33(35)34-22-19-30(25-38(34)41)42(28-13-7-5-8-14-28)29-15-9-6-10-16-29/h5-27H,1-4H3. The monoisotopic (exact) mass is 605 g/mol. The second kappa shape index (κ2) is 12.0. The predicted octanol–water partition coefficient (Wildman–Crippen LogP) is 9.55. The molecular formula is C41H35NO4. The van der Waals surface area contributed by atoms with Crippen molar-refractivity contribution in [1.82, 2.24) is 0 Å². The Kier molecular flexibility index (Phi) is 7.59. The van der Waals surface area contributed by atoms with Gasteiger partial charge in [0.2, 0.25) is 0 Å². The summed E-state index contributed by atoms with van der Waals surface area (Å²) in [4.78, 5) is 2.30. The van der Waals surface area contributed by atoms with Gasteiger partial charge in [-0.25, -0.2) is 0 Å². The van der Waals surface area contributed by atoms with Gasteiger partial charge in [0.05, 0.1) is 33.9 Å². The van der Waals surface area contributed by atoms with Gasteiger partial charge >= 0.3 is 0 Å². The number of anilines is 3. The zero-order valence-corrected chi connectivity index (χ0v) is 26.4. The fraction of sp³-hybridized carbons (Fsp3) is 0.122. The molecule has 0 heterocycles. The van der Waals surface area contributed by atoms with E-state index in [4.69, 9.17) is 18.9 Å². The fourth-order valence-corrected chi connectivity index (χ4v) is 6.95. The third-order valence-corrected chi connectivity index (χ3v) is 8.94. The van der Waals surface area contributed by atoms with Crippen LogP contribution in [0.25, 0.3) is 11.1 Å². The van der Waals surface area contributed by atoms with E-state index in [1.165, 1.54) is 0 Å². The molecule has 0 saturated carbocycles. The third kappa shape index (κ3) is 4.55. The molecule has 0 fully saturated rings. The highest BCUT2D eigenvalue weighted by Gasteiger charge is 2.49. The average molecular weight is 606 g/mol. The fourth-order valence-electron chi connectivity index (χ4n) is 6.95. The van der Waals surface area contributed by atoms with Crippen LogP contribution < -0.4 is 23.8 Å². The maximum absolute atomic E-state index is 6.16. The molecule has 1 aliphatic carbocycles. The summed E-state index contributed by atoms with van der Waals surface area (Å²) in [6, 6.07) is 48.5. The second-order valence-corrected chi connectivity index (χ2v) is 11.2. The van der Waals surface area contributed by atoms with Crippen molar-refractivity contribution in [2.45, 2.75) is 5.41 Å². The normalized spacial score (nSPS) is 12.5. The van der Waals surface area contributed by atoms with Gasteiger partial charge in [0.15, 0.2) is 0 Å². The van der Waals surface area contributed by atoms with Crippen molar-refractivity contribution in [2.75, 3.05) is 33.3 Å². The highest BCUT2D eigenvalue weighted by atomic mass is 16.5. The van der Waals surface area contributed by atoms with Crippen LogP contribution in [0.2, 0.25) is 0 Å². The summed E-state index contributed by atoms with van der Waals surface area (Å²) < 4.78 is 23.6. The maximum atomic E-state index is 6.16. The first-order valence-corrected chi connectivity index (χ1v) is 15.2. The Bertz CT molecular complexity index is 1910. The Morgan fingerprint density at radius 2 is 0.891 bits per heavy atom. The Morgan fingerprint density at radius 1 is 0.391 bits per heavy atom. The van der Waals surface area contributed by atoms with Gasteiger partial charge in [0, 0.05) is 40.3 Å². The number of benzene rings is 6. The van der Waals surface area contributed by atoms with Gasteiger partial charge in [-0.2, -0.15) is 0 Å². The first-order valence-electron chi connectivity index (χ1n) is 15.2. The summed E-state index contributed by atoms with van der Waals surface area (Å²) in [5, 5.41) is 0. The van der Waals surface area contributed by atoms with Crippen LogP contribution in [0.15, 0.2) is 140 Å². The minimum Gasteiger partial charge on any atom is -0.497 e. The summed E-state index contributed by atoms with van der Waals surface area (Å²) in [5.74, 6) is 2.87. The van der Waals surface area contributed by atoms with Crippen molar-refractivity contribution >= 4 is 17.1 Å². The van der Waals surface area contributed by atoms with E-state index in [1.54, 1.807) is 28.4 Å². The van der Waals surface area contributed by atoms with Crippen LogP contribution in [0, 0.1) is 0 Å². The van der Waals surface area contributed by atoms with Crippen LogP contribution in [0.4, 0.5) is 17.1 Å². The molecule has 0 N–H and O–H groups in total. The van der Waals surface area contributed by atoms with Crippen molar-refractivity contribution in [2.24, 2.45) is 0 Å². The molecule has 0 spiro atoms. The minimum absolute atomic E-state index is 0.716. The lowest BCUT2D eigenvalue weighted by atomic mass is 9.67. The van der Waals surface area contributed by atoms with E-state index >= 15 is 0 Å². The van der Waals surface area contributed by atoms with Crippen molar-refractivity contribution < 1.29 is 18.9 Å². The maximum Gasteiger partial charge on any atom is 0.127 e. The van der Waals surface area contributed by atoms with Gasteiger partial charge < -0.3 is 23.8 Å². The third-order valence-electron chi connectivity index (χ3n) is 8.94. The molecule has 6 aromatic rings. The smallest absolute Gasteiger partial charge is 0.127 e. The summed E-state index contributed by atoms with van der Waals surface area (Å²) in [7, 11) is 6.76. The summed E-state index contributed by atoms with van der Waals surface area (Å²) in [5.41, 5.74) is 8.89. The number of nitrogens with zero attached hydrogens (tertiary/aromatic N) is 1. The number of hydrogen-bond acceptors (Lipinski definition) is 5. The van der Waals surface area contributed by atoms with Gasteiger partial charge in [-0.1, -0.05) is 78.9 Å². The number of ether oxygens (including phenoxy) is 4. The highest BCUT2D eigenvalue weighted by Crippen LogP contribution is 2.60. The molecule has 46 heavy (non-hydrogen) atoms. The molecule has 5 heteroatoms. The molecule has 0 bridgehead atoms. The molecule has 0 amide bonds. The first kappa shape index (κ1) is 29.1. The van der Waals surface area contributed by atoms with E-state index < -0.39 is 5.41 Å². The zero-order valence-electron chi connectivity index (χ0n) is 26.4. The summed E-state index contributed by atoms with van der Waals surface area (Å²) >= 11 is 0. The van der Waals surface area contributed by atoms with Gasteiger partial charge in [-0.3, -0.25) is 0 Å². The molecule has 0 atom stereocenters. The van der Waals surface area contributed by atoms with Crippen LogP contribution in [0.3, 0.4) is 0 Å². The lowest BCUT2D eigenvalue weighted by Gasteiger charge is -2.36. The van der Waals surface area contributed by atoms with E-state index in [-0.39, 0.29) is 0 Å². The molecule has 5 nitrogen and oxygen atoms in total. The van der Waals surface area contributed by atoms with Gasteiger partial charge in [-0.15, -0.1) is 0 Å². The molecule has 6 aromatic carbocycles. The number of rotatable bonds is 9. The molecule has 1 aliphatic rings. The van der Waals surface area contributed by atoms with Crippen molar-refractivity contribution in [3.63, 3.8) is 0 Å². The van der Waals surface area contributed by atoms with Crippen LogP contribution in [-0.4, -0.2) is 28.4 Å². The summed E-state index contributed by atoms with van der Waals surface area (Å²) in [6.45, 7) is 0. The Labute approximate surface area is 270 Å². The predicted molar refractivity (Wildman–Crippen MR) is 185 cm³/mol. The lowest BCUT2D eigenvalue weighted by Crippen LogP contribution is -2.30. The number of para-hydroxylation sites is 2. The molecule has 0 radical (unpaired) electrons. The molecule has 0 unspecified atom stereocenters. The van der Waals surface area contributed by atoms with Crippen molar-refractivity contribution in [1.29, 1.82) is 0 Å². The van der Waals surface area contributed by atoms with E-state index in [0.717, 1.165) is 61.9 Å². The molecule has 0 saturated heterocycles. The molecule has 228 valence electrons. The number of hydrogen-bond donors (Lipinski definition) is 0. The van der Waals surface area contributed by atoms with E-state index in [0.29, 0.717) is 11.5 Å². The molecule has 7 rings (SSSR count). The quantitative estimate of drug-likeness (QED) is 0.164. The number of methoxy groups -OCH3 is 4. The van der Waals surface area contributed by atoms with Crippen LogP contribution in [-0.2, 0) is 5.41 Å². The SMILES string of the molecule is COc1ccc(C2(c3ccc(OC)cc3OC)c3ccccc3-c3ccc(N(c4ccccc4)c4ccccc4)cc32)c(OC)c1. The minimum atomic E-state index is -0.809. The van der Waals surface area contributed by atoms with E-state index in [9.17, 15) is 0 Å². The van der Waals surface area contributed by atoms with E-state index in [1.807, 2.05) is 36.4 Å². The lowest BCUT2D eigenvalue weighted by molar-refractivity contribution is 0.381. The van der Waals surface area contributed by atoms with Gasteiger partial charge in [-0.05, 0) is 70.8 Å². The highest BCUT2D eigenvalue weighted by molar-refractivity contribution is 5.90. The zero-order chi connectivity index (χ0) is 31.7. The summed E-state index contributed by atoms with van der Waals surface area (Å²) in [6.07, 6.45) is 0. The Balaban J connectivity index is 1.61. The Hall–Kier alpha value is -5.68. The first-order chi connectivity index (χ1) is 22.6.